The summed E-state index contributed by atoms with van der Waals surface area (Å²) in [4.78, 5) is 20.3. The van der Waals surface area contributed by atoms with Crippen LogP contribution in [0.4, 0.5) is 8.78 Å². The minimum atomic E-state index is -0.705. The number of aromatic nitrogens is 4. The maximum absolute atomic E-state index is 15.0. The third-order valence-electron chi connectivity index (χ3n) is 5.23. The molecule has 0 atom stereocenters. The Morgan fingerprint density at radius 1 is 1.03 bits per heavy atom. The molecule has 0 aliphatic carbocycles. The zero-order valence-corrected chi connectivity index (χ0v) is 16.0. The third-order valence-corrected chi connectivity index (χ3v) is 5.23. The van der Waals surface area contributed by atoms with E-state index in [9.17, 15) is 4.79 Å². The first kappa shape index (κ1) is 18.2. The van der Waals surface area contributed by atoms with Crippen molar-refractivity contribution in [2.75, 3.05) is 0 Å². The van der Waals surface area contributed by atoms with Crippen LogP contribution >= 0.6 is 0 Å². The lowest BCUT2D eigenvalue weighted by Crippen LogP contribution is -2.22. The normalized spacial score (nSPS) is 11.4. The Hall–Kier alpha value is -3.87. The fourth-order valence-electron chi connectivity index (χ4n) is 3.80. The van der Waals surface area contributed by atoms with Gasteiger partial charge in [-0.1, -0.05) is 18.2 Å². The van der Waals surface area contributed by atoms with Gasteiger partial charge < -0.3 is 9.13 Å². The quantitative estimate of drug-likeness (QED) is 0.453. The molecule has 3 aromatic heterocycles. The van der Waals surface area contributed by atoms with Crippen LogP contribution in [0.2, 0.25) is 0 Å². The number of fused-ring (bicyclic) bond motifs is 2. The molecule has 0 N–H and O–H groups in total. The maximum Gasteiger partial charge on any atom is 0.269 e. The number of hydrogen-bond acceptors (Lipinski definition) is 3. The van der Waals surface area contributed by atoms with Crippen LogP contribution in [0.5, 0.6) is 0 Å². The Morgan fingerprint density at radius 3 is 2.63 bits per heavy atom. The van der Waals surface area contributed by atoms with Gasteiger partial charge >= 0.3 is 0 Å². The van der Waals surface area contributed by atoms with Gasteiger partial charge in [-0.2, -0.15) is 0 Å². The number of nitrogens with zero attached hydrogens (tertiary/aromatic N) is 4. The van der Waals surface area contributed by atoms with Crippen LogP contribution in [0.25, 0.3) is 32.9 Å². The molecule has 0 amide bonds. The summed E-state index contributed by atoms with van der Waals surface area (Å²) in [5.41, 5.74) is 1.52. The number of pyridine rings is 1. The molecule has 5 aromatic rings. The van der Waals surface area contributed by atoms with Crippen molar-refractivity contribution in [2.24, 2.45) is 7.05 Å². The van der Waals surface area contributed by atoms with E-state index in [1.807, 2.05) is 42.2 Å². The van der Waals surface area contributed by atoms with Crippen molar-refractivity contribution in [3.8, 4) is 11.1 Å². The molecule has 30 heavy (non-hydrogen) atoms. The zero-order chi connectivity index (χ0) is 20.8. The summed E-state index contributed by atoms with van der Waals surface area (Å²) in [5, 5.41) is 1.90. The largest absolute Gasteiger partial charge is 0.356 e. The molecule has 5 rings (SSSR count). The fourth-order valence-corrected chi connectivity index (χ4v) is 3.80. The summed E-state index contributed by atoms with van der Waals surface area (Å²) in [6.45, 7) is -0.241. The van der Waals surface area contributed by atoms with Gasteiger partial charge in [-0.05, 0) is 34.7 Å². The SMILES string of the molecule is Cn1cc2cccc(-c3cc(F)c(Cn4c(=O)cnc5cnccc54)c(F)c3)c2c1. The van der Waals surface area contributed by atoms with E-state index < -0.39 is 17.2 Å². The molecule has 5 nitrogen and oxygen atoms in total. The number of aryl methyl sites for hydroxylation is 1. The Kier molecular flexibility index (Phi) is 4.17. The molecule has 148 valence electrons. The van der Waals surface area contributed by atoms with Gasteiger partial charge in [0, 0.05) is 36.6 Å². The zero-order valence-electron chi connectivity index (χ0n) is 16.0. The fraction of sp³-hybridized carbons (Fsp3) is 0.0870. The second-order valence-electron chi connectivity index (χ2n) is 7.20. The van der Waals surface area contributed by atoms with Gasteiger partial charge in [-0.3, -0.25) is 9.78 Å². The van der Waals surface area contributed by atoms with Crippen LogP contribution in [0.3, 0.4) is 0 Å². The van der Waals surface area contributed by atoms with Gasteiger partial charge in [0.1, 0.15) is 17.2 Å². The summed E-state index contributed by atoms with van der Waals surface area (Å²) in [7, 11) is 1.90. The molecular formula is C23H16F2N4O. The summed E-state index contributed by atoms with van der Waals surface area (Å²) in [6, 6.07) is 9.88. The third kappa shape index (κ3) is 2.95. The lowest BCUT2D eigenvalue weighted by molar-refractivity contribution is 0.545. The lowest BCUT2D eigenvalue weighted by Gasteiger charge is -2.13. The van der Waals surface area contributed by atoms with E-state index in [0.29, 0.717) is 16.6 Å². The van der Waals surface area contributed by atoms with Crippen LogP contribution < -0.4 is 5.56 Å². The molecule has 0 spiro atoms. The lowest BCUT2D eigenvalue weighted by atomic mass is 9.99. The van der Waals surface area contributed by atoms with E-state index in [4.69, 9.17) is 0 Å². The topological polar surface area (TPSA) is 52.7 Å². The van der Waals surface area contributed by atoms with Gasteiger partial charge in [0.25, 0.3) is 5.56 Å². The van der Waals surface area contributed by atoms with Crippen molar-refractivity contribution in [2.45, 2.75) is 6.54 Å². The van der Waals surface area contributed by atoms with E-state index in [0.717, 1.165) is 22.5 Å². The minimum Gasteiger partial charge on any atom is -0.356 e. The molecule has 0 saturated carbocycles. The maximum atomic E-state index is 15.0. The smallest absolute Gasteiger partial charge is 0.269 e. The average molecular weight is 402 g/mol. The summed E-state index contributed by atoms with van der Waals surface area (Å²) in [5.74, 6) is -1.41. The van der Waals surface area contributed by atoms with Crippen molar-refractivity contribution in [1.29, 1.82) is 0 Å². The second-order valence-corrected chi connectivity index (χ2v) is 7.20. The highest BCUT2D eigenvalue weighted by molar-refractivity contribution is 5.96. The van der Waals surface area contributed by atoms with Crippen LogP contribution in [0, 0.1) is 11.6 Å². The molecule has 3 heterocycles. The predicted molar refractivity (Wildman–Crippen MR) is 111 cm³/mol. The number of benzene rings is 2. The van der Waals surface area contributed by atoms with E-state index in [1.165, 1.54) is 29.1 Å². The average Bonchev–Trinajstić information content (AvgIpc) is 3.12. The van der Waals surface area contributed by atoms with Crippen molar-refractivity contribution in [3.05, 3.63) is 94.9 Å². The Bertz CT molecular complexity index is 1460. The van der Waals surface area contributed by atoms with Gasteiger partial charge in [-0.25, -0.2) is 13.8 Å². The highest BCUT2D eigenvalue weighted by atomic mass is 19.1. The van der Waals surface area contributed by atoms with E-state index >= 15 is 8.78 Å². The standard InChI is InChI=1S/C23H16F2N4O/c1-28-11-14-3-2-4-16(17(14)12-28)15-7-19(24)18(20(25)8-15)13-29-22-5-6-26-9-21(22)27-10-23(29)30/h2-12H,13H2,1H3. The predicted octanol–water partition coefficient (Wildman–Crippen LogP) is 4.28. The highest BCUT2D eigenvalue weighted by Gasteiger charge is 2.16. The summed E-state index contributed by atoms with van der Waals surface area (Å²) < 4.78 is 33.3. The molecule has 0 radical (unpaired) electrons. The Balaban J connectivity index is 1.63. The Labute approximate surface area is 169 Å². The van der Waals surface area contributed by atoms with Crippen molar-refractivity contribution < 1.29 is 8.78 Å². The molecule has 0 saturated heterocycles. The summed E-state index contributed by atoms with van der Waals surface area (Å²) >= 11 is 0. The number of rotatable bonds is 3. The number of hydrogen-bond donors (Lipinski definition) is 0. The number of halogens is 2. The van der Waals surface area contributed by atoms with Crippen LogP contribution in [-0.4, -0.2) is 19.1 Å². The molecule has 2 aromatic carbocycles. The van der Waals surface area contributed by atoms with Gasteiger partial charge in [0.05, 0.1) is 24.5 Å². The van der Waals surface area contributed by atoms with E-state index in [1.54, 1.807) is 6.07 Å². The Morgan fingerprint density at radius 2 is 1.83 bits per heavy atom. The van der Waals surface area contributed by atoms with Crippen LogP contribution in [0.15, 0.2) is 72.2 Å². The minimum absolute atomic E-state index is 0.176. The molecule has 0 unspecified atom stereocenters. The first-order valence-corrected chi connectivity index (χ1v) is 9.34. The van der Waals surface area contributed by atoms with Crippen LogP contribution in [-0.2, 0) is 13.6 Å². The highest BCUT2D eigenvalue weighted by Crippen LogP contribution is 2.31. The van der Waals surface area contributed by atoms with Gasteiger partial charge in [-0.15, -0.1) is 0 Å². The van der Waals surface area contributed by atoms with E-state index in [2.05, 4.69) is 9.97 Å². The first-order valence-electron chi connectivity index (χ1n) is 9.34. The van der Waals surface area contributed by atoms with E-state index in [-0.39, 0.29) is 12.1 Å². The van der Waals surface area contributed by atoms with Crippen molar-refractivity contribution in [1.82, 2.24) is 19.1 Å². The second kappa shape index (κ2) is 6.88. The first-order chi connectivity index (χ1) is 14.5. The van der Waals surface area contributed by atoms with Crippen molar-refractivity contribution in [3.63, 3.8) is 0 Å². The van der Waals surface area contributed by atoms with Gasteiger partial charge in [0.2, 0.25) is 0 Å². The molecular weight excluding hydrogens is 386 g/mol. The van der Waals surface area contributed by atoms with Crippen molar-refractivity contribution >= 4 is 21.8 Å². The molecule has 7 heteroatoms. The molecule has 0 aliphatic heterocycles. The van der Waals surface area contributed by atoms with Gasteiger partial charge in [0.15, 0.2) is 0 Å². The van der Waals surface area contributed by atoms with Crippen LogP contribution in [0.1, 0.15) is 5.56 Å². The molecule has 0 bridgehead atoms. The molecule has 0 fully saturated rings. The monoisotopic (exact) mass is 402 g/mol. The molecule has 0 aliphatic rings. The summed E-state index contributed by atoms with van der Waals surface area (Å²) in [6.07, 6.45) is 8.02.